The highest BCUT2D eigenvalue weighted by Crippen LogP contribution is 2.22. The van der Waals surface area contributed by atoms with Crippen LogP contribution in [0.25, 0.3) is 11.2 Å². The van der Waals surface area contributed by atoms with Crippen molar-refractivity contribution in [3.63, 3.8) is 0 Å². The molecule has 26 heavy (non-hydrogen) atoms. The lowest BCUT2D eigenvalue weighted by Gasteiger charge is -2.17. The van der Waals surface area contributed by atoms with Crippen LogP contribution in [0.4, 0.5) is 0 Å². The minimum absolute atomic E-state index is 0.404. The number of pyridine rings is 1. The molecule has 0 aliphatic rings. The lowest BCUT2D eigenvalue weighted by molar-refractivity contribution is 0.0895. The first kappa shape index (κ1) is 21.6. The summed E-state index contributed by atoms with van der Waals surface area (Å²) < 4.78 is 24.3. The molecular formula is C17H27BrN4O2SSi. The van der Waals surface area contributed by atoms with Crippen molar-refractivity contribution in [2.24, 2.45) is 4.40 Å². The molecule has 0 radical (unpaired) electrons. The van der Waals surface area contributed by atoms with Gasteiger partial charge >= 0.3 is 0 Å². The minimum atomic E-state index is -1.32. The highest BCUT2D eigenvalue weighted by atomic mass is 79.9. The maximum absolute atomic E-state index is 12.1. The van der Waals surface area contributed by atoms with Crippen molar-refractivity contribution < 1.29 is 9.29 Å². The van der Waals surface area contributed by atoms with E-state index in [4.69, 9.17) is 4.74 Å². The summed E-state index contributed by atoms with van der Waals surface area (Å²) in [6, 6.07) is 3.01. The van der Waals surface area contributed by atoms with Gasteiger partial charge in [-0.25, -0.2) is 9.97 Å². The van der Waals surface area contributed by atoms with Crippen LogP contribution < -0.4 is 0 Å². The molecule has 0 N–H and O–H groups in total. The average molecular weight is 459 g/mol. The molecule has 0 spiro atoms. The first-order chi connectivity index (χ1) is 12.0. The number of fused-ring (bicyclic) bond motifs is 1. The zero-order chi connectivity index (χ0) is 19.5. The topological polar surface area (TPSA) is 75.4 Å². The molecule has 2 heterocycles. The van der Waals surface area contributed by atoms with Gasteiger partial charge in [0.15, 0.2) is 5.65 Å². The van der Waals surface area contributed by atoms with Gasteiger partial charge in [-0.1, -0.05) is 24.0 Å². The molecule has 6 nitrogen and oxygen atoms in total. The monoisotopic (exact) mass is 458 g/mol. The second-order valence-electron chi connectivity index (χ2n) is 8.36. The zero-order valence-electron chi connectivity index (χ0n) is 16.2. The molecule has 0 aliphatic carbocycles. The van der Waals surface area contributed by atoms with E-state index in [0.29, 0.717) is 12.4 Å². The van der Waals surface area contributed by atoms with Gasteiger partial charge in [-0.2, -0.15) is 0 Å². The van der Waals surface area contributed by atoms with Crippen LogP contribution in [0.5, 0.6) is 0 Å². The third kappa shape index (κ3) is 6.16. The SMILES string of the molecule is CC(C)(C)[S+]([O-])/N=C/c1nc2c(cc1Br)ncn2COCC[Si](C)(C)C. The largest absolute Gasteiger partial charge is 0.591 e. The van der Waals surface area contributed by atoms with Crippen molar-refractivity contribution in [1.82, 2.24) is 14.5 Å². The molecule has 2 aromatic heterocycles. The molecule has 0 amide bonds. The smallest absolute Gasteiger partial charge is 0.162 e. The molecule has 0 saturated carbocycles. The number of imidazole rings is 1. The van der Waals surface area contributed by atoms with E-state index in [2.05, 4.69) is 49.9 Å². The first-order valence-electron chi connectivity index (χ1n) is 8.52. The van der Waals surface area contributed by atoms with Gasteiger partial charge in [-0.05, 0) is 48.8 Å². The Bertz CT molecular complexity index is 783. The van der Waals surface area contributed by atoms with Crippen LogP contribution in [-0.4, -0.2) is 44.7 Å². The zero-order valence-corrected chi connectivity index (χ0v) is 19.6. The number of aromatic nitrogens is 3. The molecule has 2 aromatic rings. The van der Waals surface area contributed by atoms with Gasteiger partial charge < -0.3 is 9.29 Å². The molecule has 0 saturated heterocycles. The Morgan fingerprint density at radius 1 is 1.38 bits per heavy atom. The van der Waals surface area contributed by atoms with Gasteiger partial charge in [-0.15, -0.1) is 0 Å². The van der Waals surface area contributed by atoms with Crippen molar-refractivity contribution in [3.8, 4) is 0 Å². The van der Waals surface area contributed by atoms with Crippen molar-refractivity contribution in [1.29, 1.82) is 0 Å². The minimum Gasteiger partial charge on any atom is -0.591 e. The number of halogens is 1. The Kier molecular flexibility index (Phi) is 7.06. The summed E-state index contributed by atoms with van der Waals surface area (Å²) in [6.07, 6.45) is 3.28. The molecule has 9 heteroatoms. The Balaban J connectivity index is 2.16. The molecule has 2 rings (SSSR count). The van der Waals surface area contributed by atoms with Crippen molar-refractivity contribution in [2.75, 3.05) is 6.61 Å². The first-order valence-corrected chi connectivity index (χ1v) is 14.1. The van der Waals surface area contributed by atoms with Crippen molar-refractivity contribution in [3.05, 3.63) is 22.6 Å². The van der Waals surface area contributed by atoms with Crippen LogP contribution in [-0.2, 0) is 22.8 Å². The van der Waals surface area contributed by atoms with Gasteiger partial charge in [0.1, 0.15) is 40.3 Å². The maximum atomic E-state index is 12.1. The number of rotatable bonds is 7. The Hall–Kier alpha value is -0.743. The highest BCUT2D eigenvalue weighted by Gasteiger charge is 2.26. The maximum Gasteiger partial charge on any atom is 0.162 e. The Labute approximate surface area is 167 Å². The average Bonchev–Trinajstić information content (AvgIpc) is 2.89. The molecule has 0 aromatic carbocycles. The fourth-order valence-electron chi connectivity index (χ4n) is 1.96. The van der Waals surface area contributed by atoms with Crippen LogP contribution in [0.15, 0.2) is 21.3 Å². The van der Waals surface area contributed by atoms with E-state index in [9.17, 15) is 4.55 Å². The van der Waals surface area contributed by atoms with E-state index in [1.807, 2.05) is 31.4 Å². The van der Waals surface area contributed by atoms with E-state index in [1.54, 1.807) is 12.5 Å². The predicted molar refractivity (Wildman–Crippen MR) is 115 cm³/mol. The Morgan fingerprint density at radius 3 is 2.69 bits per heavy atom. The quantitative estimate of drug-likeness (QED) is 0.266. The fraction of sp³-hybridized carbons (Fsp3) is 0.588. The van der Waals surface area contributed by atoms with E-state index >= 15 is 0 Å². The second kappa shape index (κ2) is 8.51. The number of hydrogen-bond acceptors (Lipinski definition) is 5. The fourth-order valence-corrected chi connectivity index (χ4v) is 3.63. The van der Waals surface area contributed by atoms with Crippen LogP contribution >= 0.6 is 15.9 Å². The van der Waals surface area contributed by atoms with Crippen molar-refractivity contribution >= 4 is 52.7 Å². The summed E-state index contributed by atoms with van der Waals surface area (Å²) in [4.78, 5) is 8.99. The van der Waals surface area contributed by atoms with Gasteiger partial charge in [-0.3, -0.25) is 4.57 Å². The van der Waals surface area contributed by atoms with Gasteiger partial charge in [0.05, 0.1) is 6.33 Å². The van der Waals surface area contributed by atoms with E-state index < -0.39 is 24.2 Å². The highest BCUT2D eigenvalue weighted by molar-refractivity contribution is 9.10. The van der Waals surface area contributed by atoms with Crippen LogP contribution in [0.1, 0.15) is 26.5 Å². The number of nitrogens with zero attached hydrogens (tertiary/aromatic N) is 4. The van der Waals surface area contributed by atoms with Gasteiger partial charge in [0.2, 0.25) is 0 Å². The third-order valence-electron chi connectivity index (χ3n) is 3.59. The van der Waals surface area contributed by atoms with Crippen LogP contribution in [0.2, 0.25) is 25.7 Å². The summed E-state index contributed by atoms with van der Waals surface area (Å²) in [5.74, 6) is 0. The number of ether oxygens (including phenoxy) is 1. The Morgan fingerprint density at radius 2 is 2.08 bits per heavy atom. The lowest BCUT2D eigenvalue weighted by atomic mass is 10.3. The van der Waals surface area contributed by atoms with Gasteiger partial charge in [0.25, 0.3) is 0 Å². The molecule has 1 atom stereocenters. The van der Waals surface area contributed by atoms with E-state index in [1.165, 1.54) is 0 Å². The molecule has 0 fully saturated rings. The lowest BCUT2D eigenvalue weighted by Crippen LogP contribution is -2.25. The number of hydrogen-bond donors (Lipinski definition) is 0. The van der Waals surface area contributed by atoms with Crippen molar-refractivity contribution in [2.45, 2.75) is 57.9 Å². The van der Waals surface area contributed by atoms with Crippen LogP contribution in [0.3, 0.4) is 0 Å². The molecule has 0 bridgehead atoms. The third-order valence-corrected chi connectivity index (χ3v) is 7.28. The molecule has 0 aliphatic heterocycles. The predicted octanol–water partition coefficient (Wildman–Crippen LogP) is 4.39. The summed E-state index contributed by atoms with van der Waals surface area (Å²) in [7, 11) is -1.10. The second-order valence-corrected chi connectivity index (χ2v) is 16.8. The van der Waals surface area contributed by atoms with Gasteiger partial charge in [0, 0.05) is 19.2 Å². The molecular weight excluding hydrogens is 432 g/mol. The van der Waals surface area contributed by atoms with Crippen LogP contribution in [0, 0.1) is 0 Å². The molecule has 144 valence electrons. The summed E-state index contributed by atoms with van der Waals surface area (Å²) in [5.41, 5.74) is 2.13. The normalized spacial score (nSPS) is 14.5. The summed E-state index contributed by atoms with van der Waals surface area (Å²) in [6.45, 7) is 13.8. The summed E-state index contributed by atoms with van der Waals surface area (Å²) >= 11 is 2.16. The van der Waals surface area contributed by atoms with E-state index in [-0.39, 0.29) is 0 Å². The standard InChI is InChI=1S/C17H27BrN4O2SSi/c1-17(2,3)25(23)20-10-15-13(18)9-14-16(21-15)22(11-19-14)12-24-7-8-26(4,5)6/h9-11H,7-8,12H2,1-6H3/b20-10+. The molecule has 1 unspecified atom stereocenters. The van der Waals surface area contributed by atoms with E-state index in [0.717, 1.165) is 28.3 Å². The summed E-state index contributed by atoms with van der Waals surface area (Å²) in [5, 5.41) is 0.